The molecular weight excluding hydrogens is 424 g/mol. The molecule has 2 N–H and O–H groups in total. The van der Waals surface area contributed by atoms with Crippen molar-refractivity contribution in [2.45, 2.75) is 46.0 Å². The molecule has 0 bridgehead atoms. The number of carbonyl (C=O) groups is 1. The second-order valence-corrected chi connectivity index (χ2v) is 10.0. The highest BCUT2D eigenvalue weighted by Crippen LogP contribution is 2.51. The molecule has 2 heterocycles. The number of ketones is 1. The van der Waals surface area contributed by atoms with Gasteiger partial charge in [-0.1, -0.05) is 44.2 Å². The summed E-state index contributed by atoms with van der Waals surface area (Å²) in [5.74, 6) is -0.474. The number of benzene rings is 1. The molecule has 32 heavy (non-hydrogen) atoms. The average Bonchev–Trinajstić information content (AvgIpc) is 3.22. The largest absolute Gasteiger partial charge is 0.384 e. The Morgan fingerprint density at radius 3 is 2.50 bits per heavy atom. The Labute approximate surface area is 190 Å². The van der Waals surface area contributed by atoms with Gasteiger partial charge in [-0.3, -0.25) is 19.8 Å². The minimum atomic E-state index is -0.691. The zero-order valence-corrected chi connectivity index (χ0v) is 19.0. The first-order valence-corrected chi connectivity index (χ1v) is 11.3. The highest BCUT2D eigenvalue weighted by atomic mass is 32.1. The number of anilines is 1. The first-order chi connectivity index (χ1) is 15.2. The van der Waals surface area contributed by atoms with Gasteiger partial charge < -0.3 is 5.73 Å². The summed E-state index contributed by atoms with van der Waals surface area (Å²) in [6.45, 7) is 6.15. The number of Topliss-reactive ketones (excluding diaryl/α,β-unsaturated/α-hetero) is 1. The van der Waals surface area contributed by atoms with Crippen molar-refractivity contribution in [2.75, 3.05) is 4.90 Å². The van der Waals surface area contributed by atoms with E-state index >= 15 is 0 Å². The molecule has 8 heteroatoms. The van der Waals surface area contributed by atoms with Crippen LogP contribution in [0.3, 0.4) is 0 Å². The van der Waals surface area contributed by atoms with Crippen LogP contribution in [0.15, 0.2) is 59.1 Å². The van der Waals surface area contributed by atoms with Gasteiger partial charge in [0.05, 0.1) is 22.5 Å². The second-order valence-electron chi connectivity index (χ2n) is 8.93. The molecule has 0 fully saturated rings. The van der Waals surface area contributed by atoms with Crippen LogP contribution in [0.4, 0.5) is 10.7 Å². The number of allylic oxidation sites excluding steroid dienone is 3. The molecule has 1 atom stereocenters. The Hall–Kier alpha value is -3.44. The van der Waals surface area contributed by atoms with Gasteiger partial charge in [0.1, 0.15) is 5.82 Å². The van der Waals surface area contributed by atoms with Gasteiger partial charge in [0.25, 0.3) is 0 Å². The molecule has 0 saturated heterocycles. The lowest BCUT2D eigenvalue weighted by molar-refractivity contribution is -0.380. The fourth-order valence-corrected chi connectivity index (χ4v) is 5.51. The minimum Gasteiger partial charge on any atom is -0.384 e. The van der Waals surface area contributed by atoms with Gasteiger partial charge in [0, 0.05) is 34.3 Å². The molecule has 2 aromatic rings. The number of nitrogens with two attached hydrogens (primary N) is 1. The van der Waals surface area contributed by atoms with E-state index in [0.717, 1.165) is 29.1 Å². The van der Waals surface area contributed by atoms with Crippen molar-refractivity contribution in [1.82, 2.24) is 0 Å². The van der Waals surface area contributed by atoms with Crippen LogP contribution in [-0.4, -0.2) is 10.7 Å². The van der Waals surface area contributed by atoms with Crippen LogP contribution >= 0.6 is 11.3 Å². The molecule has 1 aromatic heterocycles. The zero-order chi connectivity index (χ0) is 23.2. The number of hydrogen-bond acceptors (Lipinski definition) is 7. The number of nitro groups is 1. The molecule has 0 saturated carbocycles. The van der Waals surface area contributed by atoms with Crippen LogP contribution in [-0.2, 0) is 11.2 Å². The van der Waals surface area contributed by atoms with Gasteiger partial charge in [0.15, 0.2) is 5.78 Å². The average molecular weight is 449 g/mol. The van der Waals surface area contributed by atoms with Crippen LogP contribution < -0.4 is 10.6 Å². The highest BCUT2D eigenvalue weighted by molar-refractivity contribution is 7.15. The molecule has 4 rings (SSSR count). The van der Waals surface area contributed by atoms with Crippen molar-refractivity contribution >= 4 is 27.8 Å². The van der Waals surface area contributed by atoms with Crippen molar-refractivity contribution in [3.05, 3.63) is 79.6 Å². The van der Waals surface area contributed by atoms with Gasteiger partial charge >= 0.3 is 5.00 Å². The molecule has 164 valence electrons. The third kappa shape index (κ3) is 3.59. The minimum absolute atomic E-state index is 0.0285. The summed E-state index contributed by atoms with van der Waals surface area (Å²) in [4.78, 5) is 26.6. The van der Waals surface area contributed by atoms with E-state index in [0.29, 0.717) is 23.3 Å². The SMILES string of the molecule is CCc1ccc(N2C(N)=C(C#N)[C@H](c3ccc([N+](=O)[O-])s3)C3=C2CC(C)(C)CC3=O)cc1. The van der Waals surface area contributed by atoms with Crippen molar-refractivity contribution in [1.29, 1.82) is 5.26 Å². The molecule has 1 aromatic carbocycles. The van der Waals surface area contributed by atoms with Crippen LogP contribution in [0.2, 0.25) is 0 Å². The molecule has 1 aliphatic heterocycles. The lowest BCUT2D eigenvalue weighted by atomic mass is 9.69. The van der Waals surface area contributed by atoms with E-state index < -0.39 is 10.8 Å². The van der Waals surface area contributed by atoms with Gasteiger partial charge in [-0.05, 0) is 42.0 Å². The van der Waals surface area contributed by atoms with E-state index in [1.165, 1.54) is 11.6 Å². The number of hydrogen-bond donors (Lipinski definition) is 1. The van der Waals surface area contributed by atoms with Crippen molar-refractivity contribution in [3.63, 3.8) is 0 Å². The summed E-state index contributed by atoms with van der Waals surface area (Å²) < 4.78 is 0. The number of thiophene rings is 1. The Morgan fingerprint density at radius 2 is 1.94 bits per heavy atom. The van der Waals surface area contributed by atoms with Crippen LogP contribution in [0.1, 0.15) is 50.0 Å². The number of aryl methyl sites for hydroxylation is 1. The summed E-state index contributed by atoms with van der Waals surface area (Å²) in [5, 5.41) is 21.3. The van der Waals surface area contributed by atoms with Gasteiger partial charge in [-0.2, -0.15) is 5.26 Å². The third-order valence-electron chi connectivity index (χ3n) is 6.06. The predicted octanol–water partition coefficient (Wildman–Crippen LogP) is 5.16. The molecular formula is C24H24N4O3S. The van der Waals surface area contributed by atoms with E-state index in [1.807, 2.05) is 43.0 Å². The number of nitriles is 1. The maximum absolute atomic E-state index is 13.4. The third-order valence-corrected chi connectivity index (χ3v) is 7.16. The monoisotopic (exact) mass is 448 g/mol. The van der Waals surface area contributed by atoms with Crippen LogP contribution in [0.5, 0.6) is 0 Å². The van der Waals surface area contributed by atoms with Gasteiger partial charge in [0.2, 0.25) is 0 Å². The molecule has 7 nitrogen and oxygen atoms in total. The van der Waals surface area contributed by atoms with Crippen molar-refractivity contribution in [3.8, 4) is 6.07 Å². The van der Waals surface area contributed by atoms with E-state index in [9.17, 15) is 20.2 Å². The topological polar surface area (TPSA) is 113 Å². The molecule has 0 amide bonds. The van der Waals surface area contributed by atoms with Crippen molar-refractivity contribution < 1.29 is 9.72 Å². The van der Waals surface area contributed by atoms with E-state index in [1.54, 1.807) is 6.07 Å². The fraction of sp³-hybridized carbons (Fsp3) is 0.333. The maximum atomic E-state index is 13.4. The maximum Gasteiger partial charge on any atom is 0.324 e. The standard InChI is InChI=1S/C24H24N4O3S/c1-4-14-5-7-15(8-6-14)27-17-11-24(2,3)12-18(29)22(17)21(16(13-25)23(27)26)19-9-10-20(32-19)28(30)31/h5-10,21H,4,11-12,26H2,1-3H3/t21-/m1/s1. The van der Waals surface area contributed by atoms with Gasteiger partial charge in [-0.25, -0.2) is 0 Å². The number of nitrogens with zero attached hydrogens (tertiary/aromatic N) is 3. The second kappa shape index (κ2) is 7.92. The van der Waals surface area contributed by atoms with E-state index in [-0.39, 0.29) is 27.6 Å². The van der Waals surface area contributed by atoms with Crippen molar-refractivity contribution in [2.24, 2.45) is 11.1 Å². The van der Waals surface area contributed by atoms with Crippen LogP contribution in [0, 0.1) is 26.9 Å². The van der Waals surface area contributed by atoms with E-state index in [4.69, 9.17) is 5.73 Å². The molecule has 2 aliphatic rings. The fourth-order valence-electron chi connectivity index (χ4n) is 4.56. The molecule has 0 spiro atoms. The Bertz CT molecular complexity index is 1210. The lowest BCUT2D eigenvalue weighted by Gasteiger charge is -2.43. The number of carbonyl (C=O) groups excluding carboxylic acids is 1. The van der Waals surface area contributed by atoms with Crippen LogP contribution in [0.25, 0.3) is 0 Å². The molecule has 1 aliphatic carbocycles. The zero-order valence-electron chi connectivity index (χ0n) is 18.2. The summed E-state index contributed by atoms with van der Waals surface area (Å²) in [6, 6.07) is 13.2. The summed E-state index contributed by atoms with van der Waals surface area (Å²) >= 11 is 0.983. The van der Waals surface area contributed by atoms with E-state index in [2.05, 4.69) is 13.0 Å². The smallest absolute Gasteiger partial charge is 0.324 e. The normalized spacial score (nSPS) is 20.2. The first-order valence-electron chi connectivity index (χ1n) is 10.5. The Balaban J connectivity index is 1.95. The Kier molecular flexibility index (Phi) is 5.39. The number of rotatable bonds is 4. The summed E-state index contributed by atoms with van der Waals surface area (Å²) in [7, 11) is 0. The summed E-state index contributed by atoms with van der Waals surface area (Å²) in [5.41, 5.74) is 9.81. The quantitative estimate of drug-likeness (QED) is 0.510. The Morgan fingerprint density at radius 1 is 1.25 bits per heavy atom. The molecule has 0 unspecified atom stereocenters. The van der Waals surface area contributed by atoms with Gasteiger partial charge in [-0.15, -0.1) is 0 Å². The molecule has 0 radical (unpaired) electrons. The highest BCUT2D eigenvalue weighted by Gasteiger charge is 2.45. The first kappa shape index (κ1) is 21.8. The predicted molar refractivity (Wildman–Crippen MR) is 124 cm³/mol. The lowest BCUT2D eigenvalue weighted by Crippen LogP contribution is -2.42. The summed E-state index contributed by atoms with van der Waals surface area (Å²) in [6.07, 6.45) is 1.84.